The maximum atomic E-state index is 17.7. The van der Waals surface area contributed by atoms with Crippen LogP contribution in [0.15, 0.2) is 162 Å². The second-order valence-electron chi connectivity index (χ2n) is 38.9. The first kappa shape index (κ1) is 103. The number of thiazole rings is 1. The number of fused-ring (bicyclic) bond motifs is 16. The second-order valence-corrected chi connectivity index (χ2v) is 40.8. The van der Waals surface area contributed by atoms with E-state index in [9.17, 15) is 58.4 Å². The number of likely N-dealkylation sites (N-methyl/N-ethyl adjacent to an activating group) is 3. The van der Waals surface area contributed by atoms with Gasteiger partial charge in [0.2, 0.25) is 17.7 Å². The predicted octanol–water partition coefficient (Wildman–Crippen LogP) is 16.0. The smallest absolute Gasteiger partial charge is 0.281 e. The van der Waals surface area contributed by atoms with E-state index in [2.05, 4.69) is 39.7 Å². The Labute approximate surface area is 855 Å². The van der Waals surface area contributed by atoms with E-state index in [-0.39, 0.29) is 187 Å². The summed E-state index contributed by atoms with van der Waals surface area (Å²) in [5, 5.41) is 44.5. The molecule has 6 aliphatic rings. The number of piperazine rings is 3. The first-order valence-electron chi connectivity index (χ1n) is 47.9. The zero-order valence-electron chi connectivity index (χ0n) is 83.6. The number of aromatic nitrogens is 7. The van der Waals surface area contributed by atoms with Gasteiger partial charge < -0.3 is 75.2 Å². The number of hydrogen-bond acceptors (Lipinski definition) is 23. The summed E-state index contributed by atoms with van der Waals surface area (Å²) in [5.74, 6) is -8.65. The van der Waals surface area contributed by atoms with E-state index in [1.165, 1.54) is 79.4 Å². The van der Waals surface area contributed by atoms with Gasteiger partial charge in [0.25, 0.3) is 34.4 Å². The molecule has 6 amide bonds. The Morgan fingerprint density at radius 1 is 0.537 bits per heavy atom. The summed E-state index contributed by atoms with van der Waals surface area (Å²) in [6, 6.07) is 18.0. The number of nitrogens with two attached hydrogens (primary N) is 1. The van der Waals surface area contributed by atoms with Crippen molar-refractivity contribution in [2.45, 2.75) is 143 Å². The van der Waals surface area contributed by atoms with Crippen LogP contribution in [0.3, 0.4) is 0 Å². The molecule has 6 aromatic carbocycles. The first-order valence-corrected chi connectivity index (χ1v) is 49.4. The molecule has 13 aromatic rings. The maximum absolute atomic E-state index is 17.7. The molecule has 7 aromatic heterocycles. The number of anilines is 7. The number of halogens is 7. The minimum absolute atomic E-state index is 0.00478. The maximum Gasteiger partial charge on any atom is 0.281 e. The number of carbonyl (C=O) groups excluding carboxylic acids is 6. The van der Waals surface area contributed by atoms with Crippen molar-refractivity contribution < 1.29 is 71.1 Å². The molecule has 13 heterocycles. The molecule has 0 bridgehead atoms. The number of hydrogen-bond donors (Lipinski definition) is 5. The summed E-state index contributed by atoms with van der Waals surface area (Å²) in [4.78, 5) is 160. The van der Waals surface area contributed by atoms with Crippen molar-refractivity contribution in [1.29, 1.82) is 0 Å². The van der Waals surface area contributed by atoms with Crippen LogP contribution in [0.2, 0.25) is 10.0 Å². The lowest BCUT2D eigenvalue weighted by atomic mass is 9.86. The molecule has 0 spiro atoms. The fraction of sp³-hybridized carbons (Fsp3) is 0.324. The Kier molecular flexibility index (Phi) is 27.8. The molecule has 31 nitrogen and oxygen atoms in total. The molecule has 0 radical (unpaired) electrons. The molecule has 19 rings (SSSR count). The minimum atomic E-state index is -1.70. The summed E-state index contributed by atoms with van der Waals surface area (Å²) >= 11 is 15.0. The minimum Gasteiger partial charge on any atom is -0.507 e. The third kappa shape index (κ3) is 16.8. The molecule has 39 heteroatoms. The molecular formula is C108H109Cl2F5N18O13S. The normalized spacial score (nSPS) is 18.1. The molecular weight excluding hydrogens is 1960 g/mol. The summed E-state index contributed by atoms with van der Waals surface area (Å²) in [5.41, 5.74) is 8.26. The average Bonchev–Trinajstić information content (AvgIpc) is 0.915. The predicted molar refractivity (Wildman–Crippen MR) is 563 cm³/mol. The number of phenols is 3. The van der Waals surface area contributed by atoms with Gasteiger partial charge in [0, 0.05) is 133 Å². The van der Waals surface area contributed by atoms with Gasteiger partial charge in [-0.1, -0.05) is 115 Å². The van der Waals surface area contributed by atoms with Crippen LogP contribution in [0.25, 0.3) is 93.4 Å². The molecule has 3 fully saturated rings. The van der Waals surface area contributed by atoms with E-state index >= 15 is 27.2 Å². The van der Waals surface area contributed by atoms with Gasteiger partial charge in [0.1, 0.15) is 69.4 Å². The van der Waals surface area contributed by atoms with Crippen LogP contribution in [0.5, 0.6) is 17.2 Å². The van der Waals surface area contributed by atoms with Crippen LogP contribution in [0, 0.1) is 42.9 Å². The van der Waals surface area contributed by atoms with Crippen molar-refractivity contribution in [1.82, 2.24) is 53.2 Å². The van der Waals surface area contributed by atoms with E-state index in [1.807, 2.05) is 99.2 Å². The lowest BCUT2D eigenvalue weighted by Gasteiger charge is -2.56. The molecule has 0 aliphatic carbocycles. The third-order valence-corrected chi connectivity index (χ3v) is 30.1. The molecule has 6 N–H and O–H groups in total. The number of nitrogen functional groups attached to an aromatic ring is 1. The monoisotopic (exact) mass is 2060 g/mol. The van der Waals surface area contributed by atoms with Crippen molar-refractivity contribution in [2.24, 2.45) is 0 Å². The van der Waals surface area contributed by atoms with Crippen molar-refractivity contribution in [3.8, 4) is 67.7 Å². The number of pyridine rings is 6. The molecule has 6 aliphatic heterocycles. The van der Waals surface area contributed by atoms with E-state index in [1.54, 1.807) is 87.9 Å². The van der Waals surface area contributed by atoms with Crippen molar-refractivity contribution in [3.05, 3.63) is 252 Å². The topological polar surface area (TPSA) is 359 Å². The van der Waals surface area contributed by atoms with Crippen LogP contribution >= 0.6 is 34.5 Å². The Morgan fingerprint density at radius 2 is 1.02 bits per heavy atom. The number of aliphatic hydroxyl groups excluding tert-OH is 1. The molecule has 6 unspecified atom stereocenters. The summed E-state index contributed by atoms with van der Waals surface area (Å²) in [6.45, 7) is 33.6. The van der Waals surface area contributed by atoms with Crippen molar-refractivity contribution in [2.75, 3.05) is 122 Å². The molecule has 0 saturated carbocycles. The van der Waals surface area contributed by atoms with E-state index in [0.29, 0.717) is 85.1 Å². The Hall–Kier alpha value is -14.9. The largest absolute Gasteiger partial charge is 0.507 e. The molecule has 147 heavy (non-hydrogen) atoms. The van der Waals surface area contributed by atoms with Crippen LogP contribution in [0.1, 0.15) is 121 Å². The SMILES string of the molecule is C=CC(=O)N1CC2(CO)C(=O)N(C)c3c(c4cc(F)c(-c5c(O)cccc5F)cc4n(-c4c(C)ccnc4C(C)C)c3=O)N2CC1C.C=CC(=O)N1CC2C(=O)N(C)c3c(c4cc(Cl)c(-c5c(O)cc(F)c6nc(N)sc56)cc4n(-c4c(C)ccnc4C(C)C)c3=O)N2CC1C.C=CC(=O)N1CC2C(=O)N(CCN(C)C)c3c(c4cc(Cl)c(-c5c(O)cccc5F)c(F)c4n(-c4c(CC)ccnc4C(C)C)c3=O)N2CC1C. The van der Waals surface area contributed by atoms with Crippen LogP contribution in [-0.4, -0.2) is 232 Å². The number of phenolic OH excluding ortho intramolecular Hbond substituents is 3. The highest BCUT2D eigenvalue weighted by atomic mass is 35.5. The van der Waals surface area contributed by atoms with Crippen LogP contribution in [0.4, 0.5) is 61.2 Å². The van der Waals surface area contributed by atoms with Crippen LogP contribution < -0.4 is 51.8 Å². The number of rotatable bonds is 17. The van der Waals surface area contributed by atoms with Gasteiger partial charge in [-0.25, -0.2) is 26.9 Å². The highest BCUT2D eigenvalue weighted by Gasteiger charge is 2.58. The third-order valence-electron chi connectivity index (χ3n) is 28.6. The van der Waals surface area contributed by atoms with Gasteiger partial charge in [-0.2, -0.15) is 0 Å². The first-order chi connectivity index (χ1) is 69.7. The summed E-state index contributed by atoms with van der Waals surface area (Å²) < 4.78 is 84.0. The lowest BCUT2D eigenvalue weighted by molar-refractivity contribution is -0.136. The van der Waals surface area contributed by atoms with Gasteiger partial charge in [-0.15, -0.1) is 0 Å². The Morgan fingerprint density at radius 3 is 1.54 bits per heavy atom. The Balaban J connectivity index is 0.000000151. The van der Waals surface area contributed by atoms with E-state index in [0.717, 1.165) is 52.1 Å². The zero-order chi connectivity index (χ0) is 106. The summed E-state index contributed by atoms with van der Waals surface area (Å²) in [6.07, 6.45) is 8.98. The molecule has 6 atom stereocenters. The average molecular weight is 2070 g/mol. The highest BCUT2D eigenvalue weighted by molar-refractivity contribution is 7.22. The van der Waals surface area contributed by atoms with Gasteiger partial charge in [-0.3, -0.25) is 71.8 Å². The zero-order valence-corrected chi connectivity index (χ0v) is 86.0. The van der Waals surface area contributed by atoms with Gasteiger partial charge in [0.15, 0.2) is 22.3 Å². The standard InChI is InChI=1S/C38H41ClF2N6O4.C35H33ClFN7O4S.C35H35F2N5O5/c1-8-22-13-14-42-32(20(3)4)33(22)47-34-23(17-24(39)29(31(34)41)30-25(40)11-10-12-27(30)48)35-36(38(47)51)44(16-15-43(6)7)37(50)26-19-45(28(49)9-2)21(5)18-46(26)35;1-7-25(46)42-14-23-33(47)41(6)31-30(43(23)13-17(42)5)19-10-20(36)18(26-24(45)12-21(37)28-32(26)49-35(38)40-28)11-22(19)44(34(31)48)29-16(4)8-9-39-27(29)15(2)3;1-7-27(45)40-16-35(17-43)34(47)39(6)32-31(41(35)15-20(40)5)22-13-24(37)21(28-23(36)9-8-10-26(28)44)14-25(22)42(33(32)46)30-19(4)11-12-38-29(30)18(2)3/h9-14,17,20-21,26,48H,2,8,15-16,18-19H2,1,3-7H3;7-12,15,17,23,45H,1,13-14H2,2-6H3,(H2,38,40);7-14,18,20,43-44H,1,15-17H2,2-6H3. The van der Waals surface area contributed by atoms with Crippen molar-refractivity contribution in [3.63, 3.8) is 0 Å². The van der Waals surface area contributed by atoms with Crippen LogP contribution in [-0.2, 0) is 35.2 Å². The second kappa shape index (κ2) is 39.5. The number of aliphatic hydroxyl groups is 1. The fourth-order valence-corrected chi connectivity index (χ4v) is 23.0. The molecule has 3 saturated heterocycles. The van der Waals surface area contributed by atoms with Gasteiger partial charge in [-0.05, 0) is 181 Å². The number of amides is 6. The number of aromatic hydroxyl groups is 3. The van der Waals surface area contributed by atoms with Gasteiger partial charge in [0.05, 0.1) is 115 Å². The number of carbonyl (C=O) groups is 6. The quantitative estimate of drug-likeness (QED) is 0.0417. The van der Waals surface area contributed by atoms with Gasteiger partial charge >= 0.3 is 0 Å². The number of nitrogens with zero attached hydrogens (tertiary/aromatic N) is 17. The molecule has 764 valence electrons. The number of aryl methyl sites for hydroxylation is 3. The Bertz CT molecular complexity index is 7970. The highest BCUT2D eigenvalue weighted by Crippen LogP contribution is 2.54. The fourth-order valence-electron chi connectivity index (χ4n) is 21.5. The van der Waals surface area contributed by atoms with E-state index < -0.39 is 117 Å². The van der Waals surface area contributed by atoms with E-state index in [4.69, 9.17) is 28.9 Å². The van der Waals surface area contributed by atoms with Crippen molar-refractivity contribution >= 4 is 152 Å². The lowest BCUT2D eigenvalue weighted by Crippen LogP contribution is -2.75. The summed E-state index contributed by atoms with van der Waals surface area (Å²) in [7, 11) is 6.66. The number of benzene rings is 6.